The molecule has 1 fully saturated rings. The van der Waals surface area contributed by atoms with Crippen molar-refractivity contribution in [3.05, 3.63) is 59.7 Å². The molecule has 2 aromatic rings. The molecule has 0 saturated carbocycles. The van der Waals surface area contributed by atoms with Crippen LogP contribution in [0.5, 0.6) is 5.75 Å². The van der Waals surface area contributed by atoms with E-state index in [4.69, 9.17) is 9.47 Å². The van der Waals surface area contributed by atoms with E-state index < -0.39 is 5.97 Å². The number of anilines is 1. The van der Waals surface area contributed by atoms with Gasteiger partial charge in [-0.3, -0.25) is 4.79 Å². The molecule has 130 valence electrons. The lowest BCUT2D eigenvalue weighted by Crippen LogP contribution is -2.26. The van der Waals surface area contributed by atoms with Crippen LogP contribution >= 0.6 is 0 Å². The number of nitrogens with zero attached hydrogens (tertiary/aromatic N) is 1. The number of esters is 1. The number of aryl methyl sites for hydroxylation is 1. The van der Waals surface area contributed by atoms with Crippen molar-refractivity contribution >= 4 is 17.6 Å². The molecule has 1 heterocycles. The van der Waals surface area contributed by atoms with Gasteiger partial charge in [0.25, 0.3) is 0 Å². The Labute approximate surface area is 147 Å². The van der Waals surface area contributed by atoms with Gasteiger partial charge in [0.2, 0.25) is 5.91 Å². The number of hydrogen-bond donors (Lipinski definition) is 0. The van der Waals surface area contributed by atoms with Crippen LogP contribution in [0, 0.1) is 6.92 Å². The molecule has 1 saturated heterocycles. The Kier molecular flexibility index (Phi) is 5.33. The molecule has 0 N–H and O–H groups in total. The van der Waals surface area contributed by atoms with Gasteiger partial charge in [-0.15, -0.1) is 0 Å². The Bertz CT molecular complexity index is 772. The number of para-hydroxylation sites is 2. The predicted octanol–water partition coefficient (Wildman–Crippen LogP) is 3.36. The summed E-state index contributed by atoms with van der Waals surface area (Å²) in [5.41, 5.74) is 2.06. The normalized spacial score (nSPS) is 13.8. The van der Waals surface area contributed by atoms with Crippen molar-refractivity contribution in [1.82, 2.24) is 0 Å². The minimum Gasteiger partial charge on any atom is -0.490 e. The number of hydrogen-bond acceptors (Lipinski definition) is 4. The number of carbonyl (C=O) groups is 2. The summed E-state index contributed by atoms with van der Waals surface area (Å²) in [6.07, 6.45) is 1.33. The SMILES string of the molecule is Cc1ccccc1OCCOC(=O)c1ccccc1N1CCCC1=O. The Balaban J connectivity index is 1.58. The molecule has 1 aliphatic heterocycles. The van der Waals surface area contributed by atoms with Crippen LogP contribution in [0.15, 0.2) is 48.5 Å². The molecule has 0 aromatic heterocycles. The van der Waals surface area contributed by atoms with Crippen molar-refractivity contribution in [3.8, 4) is 5.75 Å². The van der Waals surface area contributed by atoms with E-state index in [1.54, 1.807) is 23.1 Å². The maximum Gasteiger partial charge on any atom is 0.340 e. The Hall–Kier alpha value is -2.82. The Morgan fingerprint density at radius 3 is 2.60 bits per heavy atom. The molecule has 0 atom stereocenters. The molecule has 2 aromatic carbocycles. The van der Waals surface area contributed by atoms with Crippen LogP contribution < -0.4 is 9.64 Å². The van der Waals surface area contributed by atoms with Crippen LogP contribution in [0.4, 0.5) is 5.69 Å². The van der Waals surface area contributed by atoms with E-state index in [9.17, 15) is 9.59 Å². The predicted molar refractivity (Wildman–Crippen MR) is 95.0 cm³/mol. The number of rotatable bonds is 6. The highest BCUT2D eigenvalue weighted by Crippen LogP contribution is 2.26. The lowest BCUT2D eigenvalue weighted by Gasteiger charge is -2.19. The molecule has 5 heteroatoms. The lowest BCUT2D eigenvalue weighted by atomic mass is 10.1. The van der Waals surface area contributed by atoms with Gasteiger partial charge in [0.05, 0.1) is 11.3 Å². The number of benzene rings is 2. The van der Waals surface area contributed by atoms with Crippen LogP contribution in [0.1, 0.15) is 28.8 Å². The van der Waals surface area contributed by atoms with Crippen LogP contribution in [-0.4, -0.2) is 31.6 Å². The number of amides is 1. The molecule has 1 amide bonds. The van der Waals surface area contributed by atoms with Gasteiger partial charge in [0, 0.05) is 13.0 Å². The fourth-order valence-corrected chi connectivity index (χ4v) is 2.87. The summed E-state index contributed by atoms with van der Waals surface area (Å²) in [6.45, 7) is 3.03. The van der Waals surface area contributed by atoms with E-state index in [0.29, 0.717) is 24.2 Å². The highest BCUT2D eigenvalue weighted by molar-refractivity contribution is 6.03. The van der Waals surface area contributed by atoms with E-state index in [0.717, 1.165) is 17.7 Å². The van der Waals surface area contributed by atoms with Crippen LogP contribution in [0.25, 0.3) is 0 Å². The molecule has 0 spiro atoms. The molecule has 25 heavy (non-hydrogen) atoms. The third-order valence-corrected chi connectivity index (χ3v) is 4.16. The van der Waals surface area contributed by atoms with Crippen molar-refractivity contribution in [2.24, 2.45) is 0 Å². The molecule has 1 aliphatic rings. The number of carbonyl (C=O) groups excluding carboxylic acids is 2. The molecule has 0 aliphatic carbocycles. The fraction of sp³-hybridized carbons (Fsp3) is 0.300. The highest BCUT2D eigenvalue weighted by atomic mass is 16.6. The molecule has 0 bridgehead atoms. The summed E-state index contributed by atoms with van der Waals surface area (Å²) in [5.74, 6) is 0.383. The Morgan fingerprint density at radius 1 is 1.08 bits per heavy atom. The molecule has 5 nitrogen and oxygen atoms in total. The first-order valence-corrected chi connectivity index (χ1v) is 8.42. The first-order chi connectivity index (χ1) is 12.2. The summed E-state index contributed by atoms with van der Waals surface area (Å²) in [4.78, 5) is 26.0. The van der Waals surface area contributed by atoms with Gasteiger partial charge < -0.3 is 14.4 Å². The summed E-state index contributed by atoms with van der Waals surface area (Å²) in [5, 5.41) is 0. The van der Waals surface area contributed by atoms with E-state index in [-0.39, 0.29) is 19.1 Å². The van der Waals surface area contributed by atoms with Gasteiger partial charge in [-0.1, -0.05) is 30.3 Å². The maximum atomic E-state index is 12.4. The quantitative estimate of drug-likeness (QED) is 0.598. The number of ether oxygens (including phenoxy) is 2. The summed E-state index contributed by atoms with van der Waals surface area (Å²) in [7, 11) is 0. The summed E-state index contributed by atoms with van der Waals surface area (Å²) >= 11 is 0. The molecular weight excluding hydrogens is 318 g/mol. The van der Waals surface area contributed by atoms with Gasteiger partial charge in [0.15, 0.2) is 0 Å². The molecule has 0 radical (unpaired) electrons. The van der Waals surface area contributed by atoms with Gasteiger partial charge in [-0.2, -0.15) is 0 Å². The van der Waals surface area contributed by atoms with Crippen molar-refractivity contribution < 1.29 is 19.1 Å². The van der Waals surface area contributed by atoms with Crippen molar-refractivity contribution in [2.45, 2.75) is 19.8 Å². The van der Waals surface area contributed by atoms with E-state index in [2.05, 4.69) is 0 Å². The summed E-state index contributed by atoms with van der Waals surface area (Å²) < 4.78 is 11.0. The van der Waals surface area contributed by atoms with Crippen molar-refractivity contribution in [1.29, 1.82) is 0 Å². The van der Waals surface area contributed by atoms with Crippen LogP contribution in [-0.2, 0) is 9.53 Å². The minimum absolute atomic E-state index is 0.0446. The highest BCUT2D eigenvalue weighted by Gasteiger charge is 2.26. The third-order valence-electron chi connectivity index (χ3n) is 4.16. The van der Waals surface area contributed by atoms with E-state index in [1.807, 2.05) is 37.3 Å². The smallest absolute Gasteiger partial charge is 0.340 e. The van der Waals surface area contributed by atoms with Gasteiger partial charge in [-0.05, 0) is 37.1 Å². The average molecular weight is 339 g/mol. The first kappa shape index (κ1) is 17.0. The van der Waals surface area contributed by atoms with E-state index in [1.165, 1.54) is 0 Å². The molecule has 3 rings (SSSR count). The second-order valence-electron chi connectivity index (χ2n) is 5.92. The summed E-state index contributed by atoms with van der Waals surface area (Å²) in [6, 6.07) is 14.7. The maximum absolute atomic E-state index is 12.4. The standard InChI is InChI=1S/C20H21NO4/c1-15-7-2-5-10-18(15)24-13-14-25-20(23)16-8-3-4-9-17(16)21-12-6-11-19(21)22/h2-5,7-10H,6,11-14H2,1H3. The third kappa shape index (κ3) is 3.99. The largest absolute Gasteiger partial charge is 0.490 e. The molecule has 0 unspecified atom stereocenters. The first-order valence-electron chi connectivity index (χ1n) is 8.42. The average Bonchev–Trinajstić information content (AvgIpc) is 3.06. The lowest BCUT2D eigenvalue weighted by molar-refractivity contribution is -0.117. The second-order valence-corrected chi connectivity index (χ2v) is 5.92. The van der Waals surface area contributed by atoms with Gasteiger partial charge >= 0.3 is 5.97 Å². The van der Waals surface area contributed by atoms with Crippen molar-refractivity contribution in [3.63, 3.8) is 0 Å². The molecular formula is C20H21NO4. The van der Waals surface area contributed by atoms with E-state index >= 15 is 0 Å². The zero-order chi connectivity index (χ0) is 17.6. The van der Waals surface area contributed by atoms with Gasteiger partial charge in [0.1, 0.15) is 19.0 Å². The topological polar surface area (TPSA) is 55.8 Å². The zero-order valence-electron chi connectivity index (χ0n) is 14.2. The minimum atomic E-state index is -0.441. The van der Waals surface area contributed by atoms with Gasteiger partial charge in [-0.25, -0.2) is 4.79 Å². The zero-order valence-corrected chi connectivity index (χ0v) is 14.2. The van der Waals surface area contributed by atoms with Crippen LogP contribution in [0.2, 0.25) is 0 Å². The van der Waals surface area contributed by atoms with Crippen LogP contribution in [0.3, 0.4) is 0 Å². The van der Waals surface area contributed by atoms with Crippen molar-refractivity contribution in [2.75, 3.05) is 24.7 Å². The Morgan fingerprint density at radius 2 is 1.84 bits per heavy atom. The fourth-order valence-electron chi connectivity index (χ4n) is 2.87. The monoisotopic (exact) mass is 339 g/mol. The second kappa shape index (κ2) is 7.83.